The summed E-state index contributed by atoms with van der Waals surface area (Å²) in [4.78, 5) is 2.01. The number of sulfonamides is 1. The minimum Gasteiger partial charge on any atom is -0.359 e. The fourth-order valence-corrected chi connectivity index (χ4v) is 2.42. The normalized spacial score (nSPS) is 11.1. The van der Waals surface area contributed by atoms with Gasteiger partial charge in [-0.15, -0.1) is 0 Å². The highest BCUT2D eigenvalue weighted by Crippen LogP contribution is 2.17. The Balaban J connectivity index is 2.63. The van der Waals surface area contributed by atoms with Gasteiger partial charge < -0.3 is 9.62 Å². The summed E-state index contributed by atoms with van der Waals surface area (Å²) in [5, 5.41) is 5.01. The van der Waals surface area contributed by atoms with Gasteiger partial charge in [-0.05, 0) is 31.2 Å². The van der Waals surface area contributed by atoms with Gasteiger partial charge in [0.1, 0.15) is 0 Å². The Morgan fingerprint density at radius 1 is 1.44 bits per heavy atom. The molecule has 0 atom stereocenters. The number of rotatable bonds is 4. The van der Waals surface area contributed by atoms with E-state index in [0.29, 0.717) is 4.32 Å². The van der Waals surface area contributed by atoms with Crippen LogP contribution in [0, 0.1) is 0 Å². The maximum Gasteiger partial charge on any atom is 0.238 e. The number of anilines is 1. The van der Waals surface area contributed by atoms with Crippen LogP contribution < -0.4 is 9.86 Å². The molecule has 0 aliphatic carbocycles. The molecule has 0 aliphatic heterocycles. The van der Waals surface area contributed by atoms with Crippen LogP contribution in [0.25, 0.3) is 0 Å². The molecule has 0 heterocycles. The van der Waals surface area contributed by atoms with E-state index in [4.69, 9.17) is 17.4 Å². The van der Waals surface area contributed by atoms with Gasteiger partial charge in [-0.3, -0.25) is 0 Å². The van der Waals surface area contributed by atoms with E-state index in [1.165, 1.54) is 24.1 Å². The summed E-state index contributed by atoms with van der Waals surface area (Å²) in [5.41, 5.74) is 0.763. The summed E-state index contributed by atoms with van der Waals surface area (Å²) in [5.74, 6) is 0. The first-order valence-electron chi connectivity index (χ1n) is 5.15. The lowest BCUT2D eigenvalue weighted by molar-refractivity contribution is 0.555. The highest BCUT2D eigenvalue weighted by molar-refractivity contribution is 8.23. The molecule has 0 saturated carbocycles. The number of thiocarbonyl (C=S) groups is 1. The third-order valence-electron chi connectivity index (χ3n) is 2.23. The first-order valence-corrected chi connectivity index (χ1v) is 7.92. The zero-order valence-corrected chi connectivity index (χ0v) is 12.5. The number of nitrogens with one attached hydrogen (secondary N) is 1. The van der Waals surface area contributed by atoms with Gasteiger partial charge in [0, 0.05) is 31.2 Å². The summed E-state index contributed by atoms with van der Waals surface area (Å²) < 4.78 is 25.9. The molecule has 0 unspecified atom stereocenters. The summed E-state index contributed by atoms with van der Waals surface area (Å²) in [6.45, 7) is 2.84. The van der Waals surface area contributed by atoms with E-state index in [9.17, 15) is 8.42 Å². The summed E-state index contributed by atoms with van der Waals surface area (Å²) >= 11 is 6.47. The Kier molecular flexibility index (Phi) is 5.39. The van der Waals surface area contributed by atoms with Crippen molar-refractivity contribution in [3.63, 3.8) is 0 Å². The van der Waals surface area contributed by atoms with E-state index in [1.807, 2.05) is 18.9 Å². The zero-order valence-electron chi connectivity index (χ0n) is 10.1. The Morgan fingerprint density at radius 2 is 2.00 bits per heavy atom. The van der Waals surface area contributed by atoms with E-state index < -0.39 is 10.0 Å². The molecule has 0 aliphatic rings. The molecule has 0 amide bonds. The van der Waals surface area contributed by atoms with Crippen LogP contribution >= 0.6 is 24.2 Å². The van der Waals surface area contributed by atoms with Crippen molar-refractivity contribution in [2.45, 2.75) is 11.8 Å². The maximum atomic E-state index is 11.1. The van der Waals surface area contributed by atoms with Gasteiger partial charge in [-0.25, -0.2) is 13.6 Å². The van der Waals surface area contributed by atoms with Crippen LogP contribution in [0.4, 0.5) is 5.69 Å². The van der Waals surface area contributed by atoms with Crippen molar-refractivity contribution in [3.05, 3.63) is 24.3 Å². The molecule has 3 N–H and O–H groups in total. The molecule has 0 bridgehead atoms. The van der Waals surface area contributed by atoms with Crippen LogP contribution in [0.1, 0.15) is 6.92 Å². The first kappa shape index (κ1) is 15.2. The third kappa shape index (κ3) is 4.45. The van der Waals surface area contributed by atoms with Crippen molar-refractivity contribution in [2.24, 2.45) is 5.14 Å². The number of primary sulfonamides is 1. The first-order chi connectivity index (χ1) is 8.34. The van der Waals surface area contributed by atoms with Crippen molar-refractivity contribution < 1.29 is 8.42 Å². The quantitative estimate of drug-likeness (QED) is 0.650. The van der Waals surface area contributed by atoms with Crippen molar-refractivity contribution >= 4 is 44.2 Å². The molecule has 5 nitrogen and oxygen atoms in total. The van der Waals surface area contributed by atoms with E-state index in [0.717, 1.165) is 12.2 Å². The second-order valence-electron chi connectivity index (χ2n) is 3.55. The number of nitrogens with zero attached hydrogens (tertiary/aromatic N) is 1. The average molecular weight is 305 g/mol. The van der Waals surface area contributed by atoms with Gasteiger partial charge >= 0.3 is 0 Å². The molecule has 0 spiro atoms. The molecule has 0 radical (unpaired) electrons. The second kappa shape index (κ2) is 6.37. The van der Waals surface area contributed by atoms with Gasteiger partial charge in [-0.2, -0.15) is 0 Å². The monoisotopic (exact) mass is 305 g/mol. The standard InChI is InChI=1S/C10H15N3O2S3/c1-3-13(2)10(16)17-12-8-4-6-9(7-5-8)18(11,14)15/h4-7,12H,3H2,1-2H3,(H2,11,14,15). The lowest BCUT2D eigenvalue weighted by Crippen LogP contribution is -2.22. The maximum absolute atomic E-state index is 11.1. The molecule has 8 heteroatoms. The molecular weight excluding hydrogens is 290 g/mol. The van der Waals surface area contributed by atoms with Crippen molar-refractivity contribution in [1.29, 1.82) is 0 Å². The third-order valence-corrected chi connectivity index (χ3v) is 4.54. The average Bonchev–Trinajstić information content (AvgIpc) is 2.34. The van der Waals surface area contributed by atoms with Crippen LogP contribution in [0.15, 0.2) is 29.2 Å². The topological polar surface area (TPSA) is 75.4 Å². The number of benzene rings is 1. The van der Waals surface area contributed by atoms with Gasteiger partial charge in [0.2, 0.25) is 10.0 Å². The van der Waals surface area contributed by atoms with Crippen LogP contribution in [-0.2, 0) is 10.0 Å². The minimum atomic E-state index is -3.64. The van der Waals surface area contributed by atoms with Gasteiger partial charge in [0.05, 0.1) is 4.90 Å². The lowest BCUT2D eigenvalue weighted by atomic mass is 10.3. The Bertz CT molecular complexity index is 514. The van der Waals surface area contributed by atoms with Crippen LogP contribution in [0.2, 0.25) is 0 Å². The van der Waals surface area contributed by atoms with Crippen molar-refractivity contribution in [2.75, 3.05) is 18.3 Å². The highest BCUT2D eigenvalue weighted by atomic mass is 32.2. The minimum absolute atomic E-state index is 0.0892. The number of hydrogen-bond donors (Lipinski definition) is 2. The van der Waals surface area contributed by atoms with Crippen molar-refractivity contribution in [3.8, 4) is 0 Å². The van der Waals surface area contributed by atoms with Gasteiger partial charge in [0.25, 0.3) is 0 Å². The summed E-state index contributed by atoms with van der Waals surface area (Å²) in [7, 11) is -1.73. The van der Waals surface area contributed by atoms with Crippen LogP contribution in [0.3, 0.4) is 0 Å². The van der Waals surface area contributed by atoms with E-state index in [-0.39, 0.29) is 4.90 Å². The SMILES string of the molecule is CCN(C)C(=S)SNc1ccc(S(N)(=O)=O)cc1. The predicted octanol–water partition coefficient (Wildman–Crippen LogP) is 1.63. The molecule has 0 fully saturated rings. The second-order valence-corrected chi connectivity index (χ2v) is 6.56. The Labute approximate surface area is 117 Å². The molecule has 100 valence electrons. The fourth-order valence-electron chi connectivity index (χ4n) is 1.02. The fraction of sp³-hybridized carbons (Fsp3) is 0.300. The molecule has 1 rings (SSSR count). The zero-order chi connectivity index (χ0) is 13.8. The van der Waals surface area contributed by atoms with Crippen LogP contribution in [-0.4, -0.2) is 31.2 Å². The molecule has 18 heavy (non-hydrogen) atoms. The summed E-state index contributed by atoms with van der Waals surface area (Å²) in [6.07, 6.45) is 0. The lowest BCUT2D eigenvalue weighted by Gasteiger charge is -2.17. The summed E-state index contributed by atoms with van der Waals surface area (Å²) in [6, 6.07) is 6.18. The number of hydrogen-bond acceptors (Lipinski definition) is 5. The smallest absolute Gasteiger partial charge is 0.238 e. The van der Waals surface area contributed by atoms with Crippen molar-refractivity contribution in [1.82, 2.24) is 4.90 Å². The van der Waals surface area contributed by atoms with E-state index in [2.05, 4.69) is 4.72 Å². The Hall–Kier alpha value is -0.830. The van der Waals surface area contributed by atoms with E-state index in [1.54, 1.807) is 12.1 Å². The predicted molar refractivity (Wildman–Crippen MR) is 79.9 cm³/mol. The Morgan fingerprint density at radius 3 is 2.44 bits per heavy atom. The van der Waals surface area contributed by atoms with Gasteiger partial charge in [0.15, 0.2) is 4.32 Å². The molecule has 0 aromatic heterocycles. The molecule has 1 aromatic rings. The molecular formula is C10H15N3O2S3. The van der Waals surface area contributed by atoms with Gasteiger partial charge in [-0.1, -0.05) is 12.2 Å². The van der Waals surface area contributed by atoms with Crippen LogP contribution in [0.5, 0.6) is 0 Å². The highest BCUT2D eigenvalue weighted by Gasteiger charge is 2.07. The van der Waals surface area contributed by atoms with E-state index >= 15 is 0 Å². The largest absolute Gasteiger partial charge is 0.359 e. The number of nitrogens with two attached hydrogens (primary N) is 1. The molecule has 0 saturated heterocycles. The molecule has 1 aromatic carbocycles.